The van der Waals surface area contributed by atoms with Gasteiger partial charge in [0.2, 0.25) is 5.91 Å². The van der Waals surface area contributed by atoms with Crippen molar-refractivity contribution >= 4 is 12.1 Å². The van der Waals surface area contributed by atoms with E-state index in [1.807, 2.05) is 12.1 Å². The van der Waals surface area contributed by atoms with Crippen molar-refractivity contribution in [3.8, 4) is 5.75 Å². The van der Waals surface area contributed by atoms with Gasteiger partial charge in [0, 0.05) is 18.9 Å². The Morgan fingerprint density at radius 2 is 1.81 bits per heavy atom. The number of rotatable bonds is 3. The molecule has 114 valence electrons. The lowest BCUT2D eigenvalue weighted by atomic mass is 10.1. The lowest BCUT2D eigenvalue weighted by Crippen LogP contribution is -2.26. The monoisotopic (exact) mass is 291 g/mol. The van der Waals surface area contributed by atoms with Gasteiger partial charge in [0.05, 0.1) is 0 Å². The fourth-order valence-electron chi connectivity index (χ4n) is 2.13. The number of hydrogen-bond donors (Lipinski definition) is 1. The van der Waals surface area contributed by atoms with Crippen LogP contribution in [0.25, 0.3) is 0 Å². The minimum absolute atomic E-state index is 0.00706. The van der Waals surface area contributed by atoms with Crippen molar-refractivity contribution in [2.75, 3.05) is 0 Å². The number of benzene rings is 1. The first-order chi connectivity index (χ1) is 9.74. The van der Waals surface area contributed by atoms with E-state index in [9.17, 15) is 9.59 Å². The number of ether oxygens (including phenoxy) is 2. The maximum absolute atomic E-state index is 11.5. The second kappa shape index (κ2) is 5.76. The van der Waals surface area contributed by atoms with E-state index in [0.717, 1.165) is 12.0 Å². The van der Waals surface area contributed by atoms with Crippen LogP contribution in [0, 0.1) is 0 Å². The molecule has 1 aromatic carbocycles. The highest BCUT2D eigenvalue weighted by molar-refractivity contribution is 5.74. The largest absolute Gasteiger partial charge is 0.514 e. The highest BCUT2D eigenvalue weighted by atomic mass is 16.7. The summed E-state index contributed by atoms with van der Waals surface area (Å²) in [6.45, 7) is 6.87. The molecule has 1 N–H and O–H groups in total. The Hall–Kier alpha value is -2.04. The van der Waals surface area contributed by atoms with Crippen molar-refractivity contribution < 1.29 is 19.1 Å². The van der Waals surface area contributed by atoms with Gasteiger partial charge in [-0.1, -0.05) is 12.1 Å². The average Bonchev–Trinajstić information content (AvgIpc) is 3.05. The second-order valence-corrected chi connectivity index (χ2v) is 6.28. The Morgan fingerprint density at radius 3 is 2.33 bits per heavy atom. The maximum Gasteiger partial charge on any atom is 0.514 e. The smallest absolute Gasteiger partial charge is 0.428 e. The molecule has 2 atom stereocenters. The predicted molar refractivity (Wildman–Crippen MR) is 78.3 cm³/mol. The van der Waals surface area contributed by atoms with E-state index in [0.29, 0.717) is 11.7 Å². The number of amides is 1. The summed E-state index contributed by atoms with van der Waals surface area (Å²) in [4.78, 5) is 22.5. The van der Waals surface area contributed by atoms with Gasteiger partial charge in [0.1, 0.15) is 11.4 Å². The minimum Gasteiger partial charge on any atom is -0.428 e. The summed E-state index contributed by atoms with van der Waals surface area (Å²) < 4.78 is 10.2. The van der Waals surface area contributed by atoms with Crippen LogP contribution in [0.15, 0.2) is 24.3 Å². The molecule has 1 fully saturated rings. The predicted octanol–water partition coefficient (Wildman–Crippen LogP) is 2.99. The Balaban J connectivity index is 1.88. The highest BCUT2D eigenvalue weighted by Gasteiger charge is 2.38. The minimum atomic E-state index is -0.710. The Labute approximate surface area is 124 Å². The van der Waals surface area contributed by atoms with E-state index in [1.165, 1.54) is 6.92 Å². The zero-order valence-corrected chi connectivity index (χ0v) is 12.8. The molecule has 21 heavy (non-hydrogen) atoms. The summed E-state index contributed by atoms with van der Waals surface area (Å²) in [5, 5.41) is 2.89. The van der Waals surface area contributed by atoms with E-state index < -0.39 is 11.8 Å². The van der Waals surface area contributed by atoms with Gasteiger partial charge >= 0.3 is 6.16 Å². The summed E-state index contributed by atoms with van der Waals surface area (Å²) in [7, 11) is 0. The highest BCUT2D eigenvalue weighted by Crippen LogP contribution is 2.41. The summed E-state index contributed by atoms with van der Waals surface area (Å²) in [6.07, 6.45) is 0.240. The van der Waals surface area contributed by atoms with Crippen LogP contribution in [-0.4, -0.2) is 23.7 Å². The SMILES string of the molecule is CC(=O)NC1C[C@H]1c1ccc(OC(=O)OC(C)(C)C)cc1. The summed E-state index contributed by atoms with van der Waals surface area (Å²) in [5.41, 5.74) is 0.557. The van der Waals surface area contributed by atoms with Crippen LogP contribution >= 0.6 is 0 Å². The molecule has 5 heteroatoms. The summed E-state index contributed by atoms with van der Waals surface area (Å²) in [5.74, 6) is 0.793. The standard InChI is InChI=1S/C16H21NO4/c1-10(18)17-14-9-13(14)11-5-7-12(8-6-11)20-15(19)21-16(2,3)4/h5-8,13-14H,9H2,1-4H3,(H,17,18)/t13-,14?/m0/s1. The van der Waals surface area contributed by atoms with Crippen molar-refractivity contribution in [1.29, 1.82) is 0 Å². The first-order valence-corrected chi connectivity index (χ1v) is 7.02. The van der Waals surface area contributed by atoms with Crippen LogP contribution in [-0.2, 0) is 9.53 Å². The molecule has 1 unspecified atom stereocenters. The zero-order chi connectivity index (χ0) is 15.6. The molecule has 0 aromatic heterocycles. The number of hydrogen-bond acceptors (Lipinski definition) is 4. The molecule has 1 aliphatic rings. The topological polar surface area (TPSA) is 64.6 Å². The molecule has 2 rings (SSSR count). The fraction of sp³-hybridized carbons (Fsp3) is 0.500. The molecule has 0 spiro atoms. The van der Waals surface area contributed by atoms with Gasteiger partial charge in [-0.3, -0.25) is 4.79 Å². The molecule has 1 saturated carbocycles. The number of carbonyl (C=O) groups excluding carboxylic acids is 2. The van der Waals surface area contributed by atoms with E-state index in [4.69, 9.17) is 9.47 Å². The van der Waals surface area contributed by atoms with Gasteiger partial charge in [-0.05, 0) is 44.9 Å². The van der Waals surface area contributed by atoms with Crippen LogP contribution < -0.4 is 10.1 Å². The first kappa shape index (κ1) is 15.4. The lowest BCUT2D eigenvalue weighted by molar-refractivity contribution is -0.119. The molecule has 0 radical (unpaired) electrons. The third-order valence-electron chi connectivity index (χ3n) is 3.08. The third kappa shape index (κ3) is 4.77. The average molecular weight is 291 g/mol. The molecule has 1 aliphatic carbocycles. The molecule has 1 aromatic rings. The zero-order valence-electron chi connectivity index (χ0n) is 12.8. The summed E-state index contributed by atoms with van der Waals surface area (Å²) in [6, 6.07) is 7.52. The Bertz CT molecular complexity index is 530. The van der Waals surface area contributed by atoms with Crippen molar-refractivity contribution in [1.82, 2.24) is 5.32 Å². The number of nitrogens with one attached hydrogen (secondary N) is 1. The molecule has 0 heterocycles. The van der Waals surface area contributed by atoms with Gasteiger partial charge in [0.25, 0.3) is 0 Å². The molecular formula is C16H21NO4. The summed E-state index contributed by atoms with van der Waals surface area (Å²) >= 11 is 0. The maximum atomic E-state index is 11.5. The fourth-order valence-corrected chi connectivity index (χ4v) is 2.13. The Morgan fingerprint density at radius 1 is 1.19 bits per heavy atom. The van der Waals surface area contributed by atoms with E-state index in [1.54, 1.807) is 32.9 Å². The second-order valence-electron chi connectivity index (χ2n) is 6.28. The molecule has 0 aliphatic heterocycles. The molecule has 5 nitrogen and oxygen atoms in total. The van der Waals surface area contributed by atoms with E-state index in [2.05, 4.69) is 5.32 Å². The quantitative estimate of drug-likeness (QED) is 0.687. The number of carbonyl (C=O) groups is 2. The molecule has 0 bridgehead atoms. The molecule has 1 amide bonds. The van der Waals surface area contributed by atoms with Gasteiger partial charge in [-0.2, -0.15) is 0 Å². The van der Waals surface area contributed by atoms with Crippen LogP contribution in [0.3, 0.4) is 0 Å². The van der Waals surface area contributed by atoms with Crippen LogP contribution in [0.1, 0.15) is 45.6 Å². The van der Waals surface area contributed by atoms with E-state index >= 15 is 0 Å². The van der Waals surface area contributed by atoms with Crippen molar-refractivity contribution in [3.05, 3.63) is 29.8 Å². The van der Waals surface area contributed by atoms with Gasteiger partial charge < -0.3 is 14.8 Å². The van der Waals surface area contributed by atoms with Crippen LogP contribution in [0.2, 0.25) is 0 Å². The lowest BCUT2D eigenvalue weighted by Gasteiger charge is -2.18. The van der Waals surface area contributed by atoms with Crippen LogP contribution in [0.5, 0.6) is 5.75 Å². The van der Waals surface area contributed by atoms with Crippen LogP contribution in [0.4, 0.5) is 4.79 Å². The third-order valence-corrected chi connectivity index (χ3v) is 3.08. The Kier molecular flexibility index (Phi) is 4.21. The normalized spacial score (nSPS) is 20.6. The van der Waals surface area contributed by atoms with Crippen molar-refractivity contribution in [2.24, 2.45) is 0 Å². The van der Waals surface area contributed by atoms with Crippen molar-refractivity contribution in [3.63, 3.8) is 0 Å². The van der Waals surface area contributed by atoms with E-state index in [-0.39, 0.29) is 11.9 Å². The van der Waals surface area contributed by atoms with Gasteiger partial charge in [-0.25, -0.2) is 4.79 Å². The molecular weight excluding hydrogens is 270 g/mol. The van der Waals surface area contributed by atoms with Gasteiger partial charge in [0.15, 0.2) is 0 Å². The van der Waals surface area contributed by atoms with Gasteiger partial charge in [-0.15, -0.1) is 0 Å². The molecule has 0 saturated heterocycles. The first-order valence-electron chi connectivity index (χ1n) is 7.02. The van der Waals surface area contributed by atoms with Crippen molar-refractivity contribution in [2.45, 2.75) is 51.7 Å².